The van der Waals surface area contributed by atoms with Crippen LogP contribution in [0.1, 0.15) is 55.7 Å². The summed E-state index contributed by atoms with van der Waals surface area (Å²) in [6.45, 7) is 8.44. The lowest BCUT2D eigenvalue weighted by molar-refractivity contribution is -0.143. The molecule has 0 bridgehead atoms. The van der Waals surface area contributed by atoms with E-state index in [0.29, 0.717) is 30.8 Å². The molecular weight excluding hydrogens is 438 g/mol. The van der Waals surface area contributed by atoms with Gasteiger partial charge in [0.15, 0.2) is 0 Å². The van der Waals surface area contributed by atoms with Gasteiger partial charge in [-0.15, -0.1) is 0 Å². The predicted molar refractivity (Wildman–Crippen MR) is 139 cm³/mol. The highest BCUT2D eigenvalue weighted by Gasteiger charge is 2.22. The van der Waals surface area contributed by atoms with Gasteiger partial charge in [-0.1, -0.05) is 63.2 Å². The van der Waals surface area contributed by atoms with E-state index in [4.69, 9.17) is 9.84 Å². The molecule has 1 amide bonds. The number of hydrogen-bond acceptors (Lipinski definition) is 4. The second-order valence-electron chi connectivity index (χ2n) is 9.57. The van der Waals surface area contributed by atoms with E-state index in [9.17, 15) is 9.59 Å². The van der Waals surface area contributed by atoms with Crippen molar-refractivity contribution in [1.29, 1.82) is 0 Å². The second-order valence-corrected chi connectivity index (χ2v) is 9.57. The van der Waals surface area contributed by atoms with Gasteiger partial charge in [-0.2, -0.15) is 5.10 Å². The highest BCUT2D eigenvalue weighted by atomic mass is 16.5. The third-order valence-corrected chi connectivity index (χ3v) is 5.81. The van der Waals surface area contributed by atoms with E-state index in [2.05, 4.69) is 26.1 Å². The van der Waals surface area contributed by atoms with Crippen LogP contribution >= 0.6 is 0 Å². The molecule has 0 saturated heterocycles. The predicted octanol–water partition coefficient (Wildman–Crippen LogP) is 6.07. The number of esters is 1. The van der Waals surface area contributed by atoms with Crippen molar-refractivity contribution >= 4 is 28.5 Å². The van der Waals surface area contributed by atoms with Crippen molar-refractivity contribution in [2.45, 2.75) is 46.0 Å². The quantitative estimate of drug-likeness (QED) is 0.333. The van der Waals surface area contributed by atoms with Crippen LogP contribution in [0.15, 0.2) is 72.8 Å². The van der Waals surface area contributed by atoms with Crippen molar-refractivity contribution in [2.24, 2.45) is 0 Å². The lowest BCUT2D eigenvalue weighted by Crippen LogP contribution is -2.15. The molecule has 1 heterocycles. The van der Waals surface area contributed by atoms with E-state index < -0.39 is 0 Å². The molecule has 0 radical (unpaired) electrons. The van der Waals surface area contributed by atoms with Crippen molar-refractivity contribution in [3.8, 4) is 5.69 Å². The Morgan fingerprint density at radius 3 is 2.46 bits per heavy atom. The largest absolute Gasteiger partial charge is 0.466 e. The van der Waals surface area contributed by atoms with Gasteiger partial charge in [0.25, 0.3) is 5.91 Å². The molecule has 0 aliphatic carbocycles. The van der Waals surface area contributed by atoms with E-state index in [-0.39, 0.29) is 17.3 Å². The number of nitrogens with one attached hydrogen (secondary N) is 1. The molecule has 4 rings (SSSR count). The minimum Gasteiger partial charge on any atom is -0.466 e. The van der Waals surface area contributed by atoms with Gasteiger partial charge in [0.1, 0.15) is 5.82 Å². The molecular formula is C29H31N3O3. The molecule has 1 N–H and O–H groups in total. The summed E-state index contributed by atoms with van der Waals surface area (Å²) in [6, 6.07) is 23.4. The maximum absolute atomic E-state index is 13.2. The Labute approximate surface area is 205 Å². The first kappa shape index (κ1) is 24.2. The number of anilines is 1. The molecule has 6 heteroatoms. The molecule has 0 saturated carbocycles. The molecule has 0 aliphatic heterocycles. The Morgan fingerprint density at radius 2 is 1.71 bits per heavy atom. The van der Waals surface area contributed by atoms with E-state index in [1.807, 2.05) is 72.8 Å². The lowest BCUT2D eigenvalue weighted by Gasteiger charge is -2.14. The molecule has 0 unspecified atom stereocenters. The van der Waals surface area contributed by atoms with Crippen molar-refractivity contribution in [3.63, 3.8) is 0 Å². The normalized spacial score (nSPS) is 11.4. The van der Waals surface area contributed by atoms with Crippen LogP contribution in [0.25, 0.3) is 16.5 Å². The van der Waals surface area contributed by atoms with E-state index >= 15 is 0 Å². The Morgan fingerprint density at radius 1 is 0.943 bits per heavy atom. The molecule has 0 aliphatic rings. The summed E-state index contributed by atoms with van der Waals surface area (Å²) in [7, 11) is 0. The number of aromatic nitrogens is 2. The zero-order chi connectivity index (χ0) is 25.0. The summed E-state index contributed by atoms with van der Waals surface area (Å²) in [5.41, 5.74) is 3.06. The Kier molecular flexibility index (Phi) is 7.01. The van der Waals surface area contributed by atoms with Crippen molar-refractivity contribution in [1.82, 2.24) is 9.78 Å². The number of nitrogens with zero attached hydrogens (tertiary/aromatic N) is 2. The van der Waals surface area contributed by atoms with Crippen LogP contribution in [0.3, 0.4) is 0 Å². The number of benzene rings is 3. The fourth-order valence-electron chi connectivity index (χ4n) is 3.88. The molecule has 6 nitrogen and oxygen atoms in total. The fourth-order valence-corrected chi connectivity index (χ4v) is 3.88. The monoisotopic (exact) mass is 469 g/mol. The average Bonchev–Trinajstić information content (AvgIpc) is 3.27. The molecule has 4 aromatic rings. The maximum atomic E-state index is 13.2. The first-order valence-electron chi connectivity index (χ1n) is 11.9. The number of hydrogen-bond donors (Lipinski definition) is 1. The van der Waals surface area contributed by atoms with E-state index in [1.54, 1.807) is 11.6 Å². The Balaban J connectivity index is 1.64. The van der Waals surface area contributed by atoms with Crippen LogP contribution in [-0.4, -0.2) is 28.3 Å². The SMILES string of the molecule is CCOC(=O)CCc1cccc(-n2nc(C(C)(C)C)cc2NC(=O)c2ccc3ccccc3c2)c1. The number of aryl methyl sites for hydroxylation is 1. The summed E-state index contributed by atoms with van der Waals surface area (Å²) in [5.74, 6) is 0.182. The van der Waals surface area contributed by atoms with Gasteiger partial charge in [-0.05, 0) is 53.9 Å². The number of ether oxygens (including phenoxy) is 1. The van der Waals surface area contributed by atoms with Gasteiger partial charge < -0.3 is 10.1 Å². The highest BCUT2D eigenvalue weighted by Crippen LogP contribution is 2.27. The van der Waals surface area contributed by atoms with Gasteiger partial charge in [0.2, 0.25) is 0 Å². The smallest absolute Gasteiger partial charge is 0.306 e. The first-order valence-corrected chi connectivity index (χ1v) is 11.9. The summed E-state index contributed by atoms with van der Waals surface area (Å²) in [6.07, 6.45) is 0.883. The van der Waals surface area contributed by atoms with E-state index in [0.717, 1.165) is 27.7 Å². The summed E-state index contributed by atoms with van der Waals surface area (Å²) >= 11 is 0. The van der Waals surface area contributed by atoms with Crippen molar-refractivity contribution < 1.29 is 14.3 Å². The third kappa shape index (κ3) is 5.77. The minimum atomic E-state index is -0.213. The Hall–Kier alpha value is -3.93. The minimum absolute atomic E-state index is 0.198. The fraction of sp³-hybridized carbons (Fsp3) is 0.276. The van der Waals surface area contributed by atoms with Crippen LogP contribution in [-0.2, 0) is 21.4 Å². The van der Waals surface area contributed by atoms with Crippen molar-refractivity contribution in [2.75, 3.05) is 11.9 Å². The molecule has 0 spiro atoms. The second kappa shape index (κ2) is 10.1. The van der Waals surface area contributed by atoms with E-state index in [1.165, 1.54) is 0 Å². The maximum Gasteiger partial charge on any atom is 0.306 e. The van der Waals surface area contributed by atoms with Crippen LogP contribution < -0.4 is 5.32 Å². The van der Waals surface area contributed by atoms with Crippen LogP contribution in [0.4, 0.5) is 5.82 Å². The number of amides is 1. The lowest BCUT2D eigenvalue weighted by atomic mass is 9.92. The first-order chi connectivity index (χ1) is 16.7. The number of rotatable bonds is 7. The van der Waals surface area contributed by atoms with Crippen LogP contribution in [0.5, 0.6) is 0 Å². The summed E-state index contributed by atoms with van der Waals surface area (Å²) in [4.78, 5) is 25.0. The molecule has 0 fully saturated rings. The summed E-state index contributed by atoms with van der Waals surface area (Å²) in [5, 5.41) is 9.98. The topological polar surface area (TPSA) is 73.2 Å². The van der Waals surface area contributed by atoms with Gasteiger partial charge in [-0.25, -0.2) is 4.68 Å². The molecule has 35 heavy (non-hydrogen) atoms. The number of carbonyl (C=O) groups excluding carboxylic acids is 2. The number of fused-ring (bicyclic) bond motifs is 1. The molecule has 1 aromatic heterocycles. The molecule has 180 valence electrons. The highest BCUT2D eigenvalue weighted by molar-refractivity contribution is 6.06. The van der Waals surface area contributed by atoms with Gasteiger partial charge in [0.05, 0.1) is 18.0 Å². The zero-order valence-corrected chi connectivity index (χ0v) is 20.7. The van der Waals surface area contributed by atoms with Gasteiger partial charge >= 0.3 is 5.97 Å². The van der Waals surface area contributed by atoms with Crippen LogP contribution in [0, 0.1) is 0 Å². The van der Waals surface area contributed by atoms with Gasteiger partial charge in [-0.3, -0.25) is 9.59 Å². The summed E-state index contributed by atoms with van der Waals surface area (Å²) < 4.78 is 6.80. The zero-order valence-electron chi connectivity index (χ0n) is 20.7. The number of carbonyl (C=O) groups is 2. The Bertz CT molecular complexity index is 1370. The average molecular weight is 470 g/mol. The molecule has 0 atom stereocenters. The van der Waals surface area contributed by atoms with Gasteiger partial charge in [0, 0.05) is 23.5 Å². The third-order valence-electron chi connectivity index (χ3n) is 5.81. The molecule has 3 aromatic carbocycles. The van der Waals surface area contributed by atoms with Crippen molar-refractivity contribution in [3.05, 3.63) is 89.6 Å². The van der Waals surface area contributed by atoms with Crippen LogP contribution in [0.2, 0.25) is 0 Å². The standard InChI is InChI=1S/C29H31N3O3/c1-5-35-27(33)16-13-20-9-8-12-24(17-20)32-26(19-25(31-32)29(2,3)4)30-28(34)23-15-14-21-10-6-7-11-22(21)18-23/h6-12,14-15,17-19H,5,13,16H2,1-4H3,(H,30,34).